The third-order valence-electron chi connectivity index (χ3n) is 3.51. The van der Waals surface area contributed by atoms with Crippen LogP contribution >= 0.6 is 11.6 Å². The third-order valence-corrected chi connectivity index (χ3v) is 3.95. The van der Waals surface area contributed by atoms with Gasteiger partial charge in [-0.2, -0.15) is 0 Å². The molecule has 0 amide bonds. The molecule has 1 heteroatoms. The summed E-state index contributed by atoms with van der Waals surface area (Å²) in [5, 5.41) is 0.359. The second kappa shape index (κ2) is 5.72. The smallest absolute Gasteiger partial charge is 0.0339 e. The molecule has 0 saturated heterocycles. The van der Waals surface area contributed by atoms with Gasteiger partial charge in [-0.1, -0.05) is 31.5 Å². The van der Waals surface area contributed by atoms with Gasteiger partial charge in [0.2, 0.25) is 0 Å². The molecule has 1 aromatic carbocycles. The first kappa shape index (κ1) is 12.0. The van der Waals surface area contributed by atoms with Crippen molar-refractivity contribution < 1.29 is 0 Å². The summed E-state index contributed by atoms with van der Waals surface area (Å²) < 4.78 is 0. The van der Waals surface area contributed by atoms with E-state index >= 15 is 0 Å². The van der Waals surface area contributed by atoms with Gasteiger partial charge in [0.05, 0.1) is 0 Å². The first-order valence-corrected chi connectivity index (χ1v) is 6.98. The van der Waals surface area contributed by atoms with Crippen LogP contribution in [0.5, 0.6) is 0 Å². The zero-order valence-electron chi connectivity index (χ0n) is 10.1. The lowest BCUT2D eigenvalue weighted by Crippen LogP contribution is -2.00. The van der Waals surface area contributed by atoms with Crippen LogP contribution in [0.15, 0.2) is 18.2 Å². The van der Waals surface area contributed by atoms with E-state index in [1.165, 1.54) is 31.2 Å². The summed E-state index contributed by atoms with van der Waals surface area (Å²) >= 11 is 6.25. The van der Waals surface area contributed by atoms with E-state index in [0.29, 0.717) is 5.38 Å². The number of halogens is 1. The highest BCUT2D eigenvalue weighted by molar-refractivity contribution is 6.20. The molecule has 1 aromatic rings. The molecule has 1 unspecified atom stereocenters. The van der Waals surface area contributed by atoms with Crippen molar-refractivity contribution in [3.63, 3.8) is 0 Å². The van der Waals surface area contributed by atoms with Crippen molar-refractivity contribution >= 4 is 11.6 Å². The Morgan fingerprint density at radius 3 is 2.81 bits per heavy atom. The van der Waals surface area contributed by atoms with Gasteiger partial charge in [0.25, 0.3) is 0 Å². The van der Waals surface area contributed by atoms with Crippen LogP contribution in [-0.4, -0.2) is 5.38 Å². The van der Waals surface area contributed by atoms with Crippen LogP contribution in [0.3, 0.4) is 0 Å². The molecule has 2 rings (SSSR count). The number of hydrogen-bond donors (Lipinski definition) is 0. The van der Waals surface area contributed by atoms with E-state index in [0.717, 1.165) is 19.3 Å². The summed E-state index contributed by atoms with van der Waals surface area (Å²) in [5.74, 6) is 0. The van der Waals surface area contributed by atoms with Crippen molar-refractivity contribution in [3.05, 3.63) is 34.9 Å². The Hall–Kier alpha value is -0.490. The fraction of sp³-hybridized carbons (Fsp3) is 0.600. The molecular formula is C15H21Cl. The molecule has 0 nitrogen and oxygen atoms in total. The highest BCUT2D eigenvalue weighted by Gasteiger charge is 2.11. The van der Waals surface area contributed by atoms with Gasteiger partial charge in [-0.15, -0.1) is 11.6 Å². The minimum atomic E-state index is 0.359. The van der Waals surface area contributed by atoms with Crippen LogP contribution in [0.25, 0.3) is 0 Å². The van der Waals surface area contributed by atoms with Crippen molar-refractivity contribution in [2.75, 3.05) is 0 Å². The van der Waals surface area contributed by atoms with Gasteiger partial charge >= 0.3 is 0 Å². The highest BCUT2D eigenvalue weighted by atomic mass is 35.5. The van der Waals surface area contributed by atoms with E-state index in [1.807, 2.05) is 0 Å². The Kier molecular flexibility index (Phi) is 4.29. The maximum Gasteiger partial charge on any atom is 0.0339 e. The summed E-state index contributed by atoms with van der Waals surface area (Å²) in [6.07, 6.45) is 8.50. The molecule has 1 aliphatic rings. The van der Waals surface area contributed by atoms with E-state index in [9.17, 15) is 0 Å². The van der Waals surface area contributed by atoms with Crippen molar-refractivity contribution in [1.29, 1.82) is 0 Å². The van der Waals surface area contributed by atoms with Crippen molar-refractivity contribution in [3.8, 4) is 0 Å². The Bertz CT molecular complexity index is 343. The molecule has 0 radical (unpaired) electrons. The molecule has 0 spiro atoms. The number of alkyl halides is 1. The zero-order chi connectivity index (χ0) is 11.4. The molecule has 0 aliphatic heterocycles. The fourth-order valence-corrected chi connectivity index (χ4v) is 2.89. The molecule has 0 bridgehead atoms. The van der Waals surface area contributed by atoms with Crippen LogP contribution in [0.1, 0.15) is 49.3 Å². The summed E-state index contributed by atoms with van der Waals surface area (Å²) in [4.78, 5) is 0. The Balaban J connectivity index is 1.90. The lowest BCUT2D eigenvalue weighted by molar-refractivity contribution is 0.675. The predicted molar refractivity (Wildman–Crippen MR) is 71.3 cm³/mol. The second-order valence-corrected chi connectivity index (χ2v) is 5.50. The first-order chi connectivity index (χ1) is 7.79. The lowest BCUT2D eigenvalue weighted by atomic mass is 10.0. The molecular weight excluding hydrogens is 216 g/mol. The number of rotatable bonds is 5. The zero-order valence-corrected chi connectivity index (χ0v) is 10.9. The third kappa shape index (κ3) is 3.01. The molecule has 0 heterocycles. The predicted octanol–water partition coefficient (Wildman–Crippen LogP) is 4.52. The lowest BCUT2D eigenvalue weighted by Gasteiger charge is -2.09. The largest absolute Gasteiger partial charge is 0.123 e. The normalized spacial score (nSPS) is 16.1. The van der Waals surface area contributed by atoms with E-state index < -0.39 is 0 Å². The second-order valence-electron chi connectivity index (χ2n) is 4.88. The molecule has 88 valence electrons. The minimum Gasteiger partial charge on any atom is -0.123 e. The Morgan fingerprint density at radius 1 is 1.19 bits per heavy atom. The molecule has 0 fully saturated rings. The van der Waals surface area contributed by atoms with Crippen molar-refractivity contribution in [2.24, 2.45) is 0 Å². The van der Waals surface area contributed by atoms with Crippen molar-refractivity contribution in [1.82, 2.24) is 0 Å². The first-order valence-electron chi connectivity index (χ1n) is 6.54. The molecule has 0 saturated carbocycles. The van der Waals surface area contributed by atoms with Gasteiger partial charge in [-0.05, 0) is 55.2 Å². The topological polar surface area (TPSA) is 0 Å². The number of hydrogen-bond acceptors (Lipinski definition) is 0. The number of fused-ring (bicyclic) bond motifs is 1. The molecule has 1 atom stereocenters. The number of aryl methyl sites for hydroxylation is 3. The minimum absolute atomic E-state index is 0.359. The van der Waals surface area contributed by atoms with E-state index in [1.54, 1.807) is 11.1 Å². The van der Waals surface area contributed by atoms with E-state index in [4.69, 9.17) is 11.6 Å². The quantitative estimate of drug-likeness (QED) is 0.660. The van der Waals surface area contributed by atoms with Crippen LogP contribution in [0, 0.1) is 0 Å². The van der Waals surface area contributed by atoms with Crippen molar-refractivity contribution in [2.45, 2.75) is 57.2 Å². The Labute approximate surface area is 104 Å². The molecule has 0 N–H and O–H groups in total. The average molecular weight is 237 g/mol. The Morgan fingerprint density at radius 2 is 2.00 bits per heavy atom. The van der Waals surface area contributed by atoms with Gasteiger partial charge in [-0.25, -0.2) is 0 Å². The van der Waals surface area contributed by atoms with Gasteiger partial charge < -0.3 is 0 Å². The van der Waals surface area contributed by atoms with Gasteiger partial charge in [0.1, 0.15) is 0 Å². The maximum atomic E-state index is 6.25. The SMILES string of the molecule is CCCC(Cl)CCc1ccc2c(c1)CCC2. The van der Waals surface area contributed by atoms with E-state index in [2.05, 4.69) is 25.1 Å². The molecule has 1 aliphatic carbocycles. The van der Waals surface area contributed by atoms with Crippen LogP contribution in [0.2, 0.25) is 0 Å². The van der Waals surface area contributed by atoms with Crippen LogP contribution in [0.4, 0.5) is 0 Å². The molecule has 16 heavy (non-hydrogen) atoms. The standard InChI is InChI=1S/C15H21Cl/c1-2-4-15(16)10-8-12-7-9-13-5-3-6-14(13)11-12/h7,9,11,15H,2-6,8,10H2,1H3. The summed E-state index contributed by atoms with van der Waals surface area (Å²) in [6, 6.07) is 7.01. The summed E-state index contributed by atoms with van der Waals surface area (Å²) in [5.41, 5.74) is 4.63. The fourth-order valence-electron chi connectivity index (χ4n) is 2.56. The highest BCUT2D eigenvalue weighted by Crippen LogP contribution is 2.24. The monoisotopic (exact) mass is 236 g/mol. The molecule has 0 aromatic heterocycles. The summed E-state index contributed by atoms with van der Waals surface area (Å²) in [6.45, 7) is 2.20. The number of benzene rings is 1. The average Bonchev–Trinajstić information content (AvgIpc) is 2.74. The van der Waals surface area contributed by atoms with Gasteiger partial charge in [0, 0.05) is 5.38 Å². The van der Waals surface area contributed by atoms with Gasteiger partial charge in [-0.3, -0.25) is 0 Å². The van der Waals surface area contributed by atoms with Gasteiger partial charge in [0.15, 0.2) is 0 Å². The maximum absolute atomic E-state index is 6.25. The van der Waals surface area contributed by atoms with E-state index in [-0.39, 0.29) is 0 Å². The van der Waals surface area contributed by atoms with Crippen LogP contribution in [-0.2, 0) is 19.3 Å². The summed E-state index contributed by atoms with van der Waals surface area (Å²) in [7, 11) is 0. The van der Waals surface area contributed by atoms with Crippen LogP contribution < -0.4 is 0 Å².